The van der Waals surface area contributed by atoms with Crippen LogP contribution in [0.3, 0.4) is 0 Å². The van der Waals surface area contributed by atoms with E-state index in [1.165, 1.54) is 5.56 Å². The molecule has 0 bridgehead atoms. The fourth-order valence-corrected chi connectivity index (χ4v) is 2.04. The van der Waals surface area contributed by atoms with Crippen LogP contribution in [0.2, 0.25) is 0 Å². The van der Waals surface area contributed by atoms with Crippen LogP contribution in [0.4, 0.5) is 5.82 Å². The SMILES string of the molecule is COc1cccc2cc3c(nc12)NCC3. The van der Waals surface area contributed by atoms with E-state index in [1.54, 1.807) is 7.11 Å². The number of hydrogen-bond donors (Lipinski definition) is 1. The predicted octanol–water partition coefficient (Wildman–Crippen LogP) is 2.21. The lowest BCUT2D eigenvalue weighted by atomic mass is 10.1. The maximum absolute atomic E-state index is 5.30. The molecule has 2 heterocycles. The second kappa shape index (κ2) is 3.12. The lowest BCUT2D eigenvalue weighted by molar-refractivity contribution is 0.419. The number of nitrogens with one attached hydrogen (secondary N) is 1. The monoisotopic (exact) mass is 200 g/mol. The molecular weight excluding hydrogens is 188 g/mol. The number of ether oxygens (including phenoxy) is 1. The van der Waals surface area contributed by atoms with Crippen molar-refractivity contribution >= 4 is 16.7 Å². The Labute approximate surface area is 88.1 Å². The molecule has 1 N–H and O–H groups in total. The molecule has 0 atom stereocenters. The molecule has 76 valence electrons. The molecule has 0 unspecified atom stereocenters. The van der Waals surface area contributed by atoms with Gasteiger partial charge < -0.3 is 10.1 Å². The minimum atomic E-state index is 0.837. The van der Waals surface area contributed by atoms with E-state index in [4.69, 9.17) is 4.74 Å². The van der Waals surface area contributed by atoms with Crippen LogP contribution in [0, 0.1) is 0 Å². The van der Waals surface area contributed by atoms with Gasteiger partial charge in [-0.05, 0) is 24.1 Å². The predicted molar refractivity (Wildman–Crippen MR) is 60.5 cm³/mol. The zero-order valence-corrected chi connectivity index (χ0v) is 8.58. The minimum Gasteiger partial charge on any atom is -0.494 e. The Kier molecular flexibility index (Phi) is 1.78. The maximum atomic E-state index is 5.30. The standard InChI is InChI=1S/C12H12N2O/c1-15-10-4-2-3-8-7-9-5-6-13-12(9)14-11(8)10/h2-4,7H,5-6H2,1H3,(H,13,14). The van der Waals surface area contributed by atoms with Crippen molar-refractivity contribution in [2.75, 3.05) is 19.0 Å². The molecule has 1 aliphatic rings. The molecule has 0 radical (unpaired) electrons. The van der Waals surface area contributed by atoms with E-state index in [1.807, 2.05) is 12.1 Å². The fourth-order valence-electron chi connectivity index (χ4n) is 2.04. The van der Waals surface area contributed by atoms with Crippen LogP contribution in [0.1, 0.15) is 5.56 Å². The number of aromatic nitrogens is 1. The van der Waals surface area contributed by atoms with Crippen LogP contribution in [-0.2, 0) is 6.42 Å². The molecule has 0 aliphatic carbocycles. The number of hydrogen-bond acceptors (Lipinski definition) is 3. The minimum absolute atomic E-state index is 0.837. The average Bonchev–Trinajstić information content (AvgIpc) is 2.72. The van der Waals surface area contributed by atoms with E-state index in [9.17, 15) is 0 Å². The van der Waals surface area contributed by atoms with Gasteiger partial charge in [0.2, 0.25) is 0 Å². The average molecular weight is 200 g/mol. The van der Waals surface area contributed by atoms with E-state index < -0.39 is 0 Å². The van der Waals surface area contributed by atoms with Gasteiger partial charge in [0.25, 0.3) is 0 Å². The smallest absolute Gasteiger partial charge is 0.145 e. The quantitative estimate of drug-likeness (QED) is 0.766. The highest BCUT2D eigenvalue weighted by Gasteiger charge is 2.13. The summed E-state index contributed by atoms with van der Waals surface area (Å²) in [6.45, 7) is 0.987. The summed E-state index contributed by atoms with van der Waals surface area (Å²) >= 11 is 0. The molecule has 1 aliphatic heterocycles. The fraction of sp³-hybridized carbons (Fsp3) is 0.250. The van der Waals surface area contributed by atoms with Crippen molar-refractivity contribution in [3.05, 3.63) is 29.8 Å². The van der Waals surface area contributed by atoms with Gasteiger partial charge in [0, 0.05) is 11.9 Å². The summed E-state index contributed by atoms with van der Waals surface area (Å²) in [5, 5.41) is 4.43. The summed E-state index contributed by atoms with van der Waals surface area (Å²) in [4.78, 5) is 4.59. The third-order valence-corrected chi connectivity index (χ3v) is 2.79. The summed E-state index contributed by atoms with van der Waals surface area (Å²) in [7, 11) is 1.68. The van der Waals surface area contributed by atoms with Crippen molar-refractivity contribution in [1.82, 2.24) is 4.98 Å². The first-order valence-electron chi connectivity index (χ1n) is 5.09. The van der Waals surface area contributed by atoms with Crippen LogP contribution >= 0.6 is 0 Å². The number of anilines is 1. The molecule has 3 nitrogen and oxygen atoms in total. The molecular formula is C12H12N2O. The lowest BCUT2D eigenvalue weighted by Crippen LogP contribution is -1.94. The van der Waals surface area contributed by atoms with Gasteiger partial charge in [0.15, 0.2) is 0 Å². The van der Waals surface area contributed by atoms with Gasteiger partial charge in [-0.2, -0.15) is 0 Å². The highest BCUT2D eigenvalue weighted by molar-refractivity contribution is 5.87. The summed E-state index contributed by atoms with van der Waals surface area (Å²) in [6.07, 6.45) is 1.06. The summed E-state index contributed by atoms with van der Waals surface area (Å²) in [5.41, 5.74) is 2.24. The molecule has 2 aromatic rings. The van der Waals surface area contributed by atoms with Crippen molar-refractivity contribution < 1.29 is 4.74 Å². The largest absolute Gasteiger partial charge is 0.494 e. The van der Waals surface area contributed by atoms with Crippen LogP contribution in [0.15, 0.2) is 24.3 Å². The second-order valence-corrected chi connectivity index (χ2v) is 3.70. The van der Waals surface area contributed by atoms with Gasteiger partial charge in [-0.1, -0.05) is 12.1 Å². The Balaban J connectivity index is 2.33. The lowest BCUT2D eigenvalue weighted by Gasteiger charge is -2.06. The number of pyridine rings is 1. The first-order valence-corrected chi connectivity index (χ1v) is 5.09. The number of para-hydroxylation sites is 1. The van der Waals surface area contributed by atoms with E-state index in [0.717, 1.165) is 35.4 Å². The molecule has 15 heavy (non-hydrogen) atoms. The van der Waals surface area contributed by atoms with E-state index in [0.29, 0.717) is 0 Å². The van der Waals surface area contributed by atoms with Gasteiger partial charge in [-0.25, -0.2) is 4.98 Å². The van der Waals surface area contributed by atoms with Crippen molar-refractivity contribution in [3.63, 3.8) is 0 Å². The van der Waals surface area contributed by atoms with E-state index in [2.05, 4.69) is 22.4 Å². The van der Waals surface area contributed by atoms with E-state index >= 15 is 0 Å². The van der Waals surface area contributed by atoms with Gasteiger partial charge in [-0.3, -0.25) is 0 Å². The van der Waals surface area contributed by atoms with Gasteiger partial charge in [0.05, 0.1) is 7.11 Å². The molecule has 0 fully saturated rings. The van der Waals surface area contributed by atoms with E-state index in [-0.39, 0.29) is 0 Å². The Morgan fingerprint density at radius 1 is 1.40 bits per heavy atom. The number of methoxy groups -OCH3 is 1. The van der Waals surface area contributed by atoms with Crippen LogP contribution in [-0.4, -0.2) is 18.6 Å². The third-order valence-electron chi connectivity index (χ3n) is 2.79. The number of fused-ring (bicyclic) bond motifs is 2. The van der Waals surface area contributed by atoms with Crippen molar-refractivity contribution in [1.29, 1.82) is 0 Å². The summed E-state index contributed by atoms with van der Waals surface area (Å²) in [5.74, 6) is 1.84. The maximum Gasteiger partial charge on any atom is 0.145 e. The Morgan fingerprint density at radius 2 is 2.33 bits per heavy atom. The Morgan fingerprint density at radius 3 is 3.20 bits per heavy atom. The van der Waals surface area contributed by atoms with Crippen molar-refractivity contribution in [3.8, 4) is 5.75 Å². The first kappa shape index (κ1) is 8.53. The van der Waals surface area contributed by atoms with Crippen molar-refractivity contribution in [2.24, 2.45) is 0 Å². The molecule has 0 amide bonds. The molecule has 0 spiro atoms. The number of nitrogens with zero attached hydrogens (tertiary/aromatic N) is 1. The normalized spacial score (nSPS) is 13.7. The molecule has 1 aromatic heterocycles. The van der Waals surface area contributed by atoms with Crippen LogP contribution < -0.4 is 10.1 Å². The number of benzene rings is 1. The highest BCUT2D eigenvalue weighted by Crippen LogP contribution is 2.29. The second-order valence-electron chi connectivity index (χ2n) is 3.70. The highest BCUT2D eigenvalue weighted by atomic mass is 16.5. The first-order chi connectivity index (χ1) is 7.38. The van der Waals surface area contributed by atoms with Gasteiger partial charge >= 0.3 is 0 Å². The molecule has 3 heteroatoms. The topological polar surface area (TPSA) is 34.1 Å². The molecule has 1 aromatic carbocycles. The van der Waals surface area contributed by atoms with Crippen LogP contribution in [0.5, 0.6) is 5.75 Å². The molecule has 0 saturated heterocycles. The zero-order chi connectivity index (χ0) is 10.3. The van der Waals surface area contributed by atoms with Gasteiger partial charge in [0.1, 0.15) is 17.1 Å². The summed E-state index contributed by atoms with van der Waals surface area (Å²) < 4.78 is 5.30. The third kappa shape index (κ3) is 1.23. The van der Waals surface area contributed by atoms with Crippen molar-refractivity contribution in [2.45, 2.75) is 6.42 Å². The zero-order valence-electron chi connectivity index (χ0n) is 8.58. The molecule has 0 saturated carbocycles. The molecule has 3 rings (SSSR count). The van der Waals surface area contributed by atoms with Crippen LogP contribution in [0.25, 0.3) is 10.9 Å². The summed E-state index contributed by atoms with van der Waals surface area (Å²) in [6, 6.07) is 8.21. The van der Waals surface area contributed by atoms with Gasteiger partial charge in [-0.15, -0.1) is 0 Å². The number of rotatable bonds is 1. The Bertz CT molecular complexity index is 522. The Hall–Kier alpha value is -1.77.